The molecule has 1 N–H and O–H groups in total. The maximum Gasteiger partial charge on any atom is 0.313 e. The van der Waals surface area contributed by atoms with E-state index in [0.717, 1.165) is 19.3 Å². The first-order valence-corrected chi connectivity index (χ1v) is 9.21. The highest BCUT2D eigenvalue weighted by atomic mass is 16.6. The van der Waals surface area contributed by atoms with Gasteiger partial charge < -0.3 is 15.0 Å². The molecule has 1 heterocycles. The Hall–Kier alpha value is -2.64. The van der Waals surface area contributed by atoms with E-state index >= 15 is 0 Å². The van der Waals surface area contributed by atoms with Crippen molar-refractivity contribution >= 4 is 23.3 Å². The van der Waals surface area contributed by atoms with Gasteiger partial charge in [-0.05, 0) is 44.7 Å². The van der Waals surface area contributed by atoms with Crippen molar-refractivity contribution in [3.63, 3.8) is 0 Å². The van der Waals surface area contributed by atoms with Gasteiger partial charge in [0.05, 0.1) is 17.4 Å². The summed E-state index contributed by atoms with van der Waals surface area (Å²) in [6.45, 7) is 4.64. The quantitative estimate of drug-likeness (QED) is 0.482. The molecule has 146 valence electrons. The molecule has 2 aliphatic rings. The van der Waals surface area contributed by atoms with Crippen LogP contribution in [-0.4, -0.2) is 43.0 Å². The first-order chi connectivity index (χ1) is 12.8. The maximum atomic E-state index is 12.4. The number of carbonyl (C=O) groups excluding carboxylic acids is 2. The first-order valence-electron chi connectivity index (χ1n) is 9.21. The molecule has 0 aromatic heterocycles. The molecule has 2 atom stereocenters. The highest BCUT2D eigenvalue weighted by molar-refractivity contribution is 5.96. The van der Waals surface area contributed by atoms with Gasteiger partial charge in [-0.3, -0.25) is 19.7 Å². The Kier molecular flexibility index (Phi) is 5.08. The molecule has 8 nitrogen and oxygen atoms in total. The van der Waals surface area contributed by atoms with Gasteiger partial charge >= 0.3 is 5.97 Å². The second kappa shape index (κ2) is 7.17. The second-order valence-corrected chi connectivity index (χ2v) is 7.71. The van der Waals surface area contributed by atoms with Crippen molar-refractivity contribution in [2.45, 2.75) is 39.2 Å². The topological polar surface area (TPSA) is 102 Å². The number of rotatable bonds is 5. The average Bonchev–Trinajstić information content (AvgIpc) is 3.18. The van der Waals surface area contributed by atoms with E-state index in [2.05, 4.69) is 5.32 Å². The van der Waals surface area contributed by atoms with E-state index in [1.54, 1.807) is 12.1 Å². The van der Waals surface area contributed by atoms with Crippen LogP contribution < -0.4 is 10.2 Å². The van der Waals surface area contributed by atoms with Crippen molar-refractivity contribution in [1.82, 2.24) is 5.32 Å². The molecule has 1 aliphatic carbocycles. The summed E-state index contributed by atoms with van der Waals surface area (Å²) in [5.41, 5.74) is -0.0116. The average molecular weight is 375 g/mol. The molecule has 0 radical (unpaired) electrons. The Morgan fingerprint density at radius 2 is 2.15 bits per heavy atom. The molecule has 2 fully saturated rings. The zero-order valence-electron chi connectivity index (χ0n) is 15.9. The summed E-state index contributed by atoms with van der Waals surface area (Å²) >= 11 is 0. The molecule has 1 amide bonds. The van der Waals surface area contributed by atoms with Crippen LogP contribution in [0.4, 0.5) is 11.4 Å². The first kappa shape index (κ1) is 19.1. The molecule has 0 spiro atoms. The number of amides is 1. The number of benzene rings is 1. The zero-order chi connectivity index (χ0) is 19.8. The minimum atomic E-state index is -0.587. The number of esters is 1. The lowest BCUT2D eigenvalue weighted by Crippen LogP contribution is -2.37. The van der Waals surface area contributed by atoms with Crippen molar-refractivity contribution in [2.24, 2.45) is 11.3 Å². The number of anilines is 1. The molecular weight excluding hydrogens is 350 g/mol. The Bertz CT molecular complexity index is 779. The highest BCUT2D eigenvalue weighted by Crippen LogP contribution is 2.51. The van der Waals surface area contributed by atoms with Crippen LogP contribution in [-0.2, 0) is 9.53 Å². The van der Waals surface area contributed by atoms with Crippen molar-refractivity contribution in [2.75, 3.05) is 25.1 Å². The van der Waals surface area contributed by atoms with Crippen molar-refractivity contribution in [1.29, 1.82) is 0 Å². The molecule has 1 saturated heterocycles. The predicted molar refractivity (Wildman–Crippen MR) is 99.7 cm³/mol. The summed E-state index contributed by atoms with van der Waals surface area (Å²) < 4.78 is 5.04. The minimum Gasteiger partial charge on any atom is -0.469 e. The molecule has 2 unspecified atom stereocenters. The van der Waals surface area contributed by atoms with Gasteiger partial charge in [0.25, 0.3) is 11.6 Å². The van der Waals surface area contributed by atoms with Crippen LogP contribution in [0.1, 0.15) is 43.5 Å². The number of hydrogen-bond acceptors (Lipinski definition) is 6. The second-order valence-electron chi connectivity index (χ2n) is 7.71. The normalized spacial score (nSPS) is 24.0. The van der Waals surface area contributed by atoms with Gasteiger partial charge in [0.2, 0.25) is 0 Å². The number of methoxy groups -OCH3 is 1. The summed E-state index contributed by atoms with van der Waals surface area (Å²) in [5.74, 6) is -0.444. The lowest BCUT2D eigenvalue weighted by atomic mass is 9.81. The minimum absolute atomic E-state index is 0.0610. The third-order valence-corrected chi connectivity index (χ3v) is 5.66. The fourth-order valence-corrected chi connectivity index (χ4v) is 4.43. The van der Waals surface area contributed by atoms with E-state index in [1.165, 1.54) is 13.2 Å². The number of nitro benzene ring substituents is 1. The van der Waals surface area contributed by atoms with Crippen LogP contribution >= 0.6 is 0 Å². The number of fused-ring (bicyclic) bond motifs is 1. The van der Waals surface area contributed by atoms with Gasteiger partial charge in [0, 0.05) is 30.8 Å². The number of nitrogens with zero attached hydrogens (tertiary/aromatic N) is 2. The highest BCUT2D eigenvalue weighted by Gasteiger charge is 2.56. The third-order valence-electron chi connectivity index (χ3n) is 5.66. The SMILES string of the molecule is COC(=O)C12CCCC1CN(c1ccc(C(=O)NC(C)C)cc1[N+](=O)[O-])C2. The number of nitrogens with one attached hydrogen (secondary N) is 1. The van der Waals surface area contributed by atoms with E-state index in [-0.39, 0.29) is 35.1 Å². The van der Waals surface area contributed by atoms with Gasteiger partial charge in [-0.15, -0.1) is 0 Å². The molecule has 1 aliphatic heterocycles. The number of ether oxygens (including phenoxy) is 1. The summed E-state index contributed by atoms with van der Waals surface area (Å²) in [7, 11) is 1.39. The molecule has 8 heteroatoms. The van der Waals surface area contributed by atoms with Gasteiger partial charge in [-0.25, -0.2) is 0 Å². The zero-order valence-corrected chi connectivity index (χ0v) is 15.9. The van der Waals surface area contributed by atoms with Gasteiger partial charge in [0.15, 0.2) is 0 Å². The predicted octanol–water partition coefficient (Wildman–Crippen LogP) is 2.51. The third kappa shape index (κ3) is 3.36. The van der Waals surface area contributed by atoms with E-state index in [4.69, 9.17) is 4.74 Å². The maximum absolute atomic E-state index is 12.4. The van der Waals surface area contributed by atoms with Crippen LogP contribution in [0.25, 0.3) is 0 Å². The Labute approximate surface area is 158 Å². The lowest BCUT2D eigenvalue weighted by Gasteiger charge is -2.26. The largest absolute Gasteiger partial charge is 0.469 e. The van der Waals surface area contributed by atoms with E-state index in [1.807, 2.05) is 18.7 Å². The lowest BCUT2D eigenvalue weighted by molar-refractivity contribution is -0.384. The Morgan fingerprint density at radius 1 is 1.41 bits per heavy atom. The number of carbonyl (C=O) groups is 2. The smallest absolute Gasteiger partial charge is 0.313 e. The molecular formula is C19H25N3O5. The van der Waals surface area contributed by atoms with Gasteiger partial charge in [-0.1, -0.05) is 6.42 Å². The van der Waals surface area contributed by atoms with E-state index < -0.39 is 10.3 Å². The summed E-state index contributed by atoms with van der Waals surface area (Å²) in [6.07, 6.45) is 2.61. The fourth-order valence-electron chi connectivity index (χ4n) is 4.43. The van der Waals surface area contributed by atoms with Crippen LogP contribution in [0.3, 0.4) is 0 Å². The molecule has 3 rings (SSSR count). The number of hydrogen-bond donors (Lipinski definition) is 1. The number of nitro groups is 1. The van der Waals surface area contributed by atoms with Crippen LogP contribution in [0.2, 0.25) is 0 Å². The van der Waals surface area contributed by atoms with Crippen molar-refractivity contribution in [3.8, 4) is 0 Å². The summed E-state index contributed by atoms with van der Waals surface area (Å²) in [6, 6.07) is 4.46. The van der Waals surface area contributed by atoms with Crippen molar-refractivity contribution < 1.29 is 19.2 Å². The van der Waals surface area contributed by atoms with Crippen LogP contribution in [0.15, 0.2) is 18.2 Å². The Balaban J connectivity index is 1.92. The fraction of sp³-hybridized carbons (Fsp3) is 0.579. The molecule has 1 aromatic rings. The Morgan fingerprint density at radius 3 is 2.78 bits per heavy atom. The van der Waals surface area contributed by atoms with Gasteiger partial charge in [0.1, 0.15) is 5.69 Å². The molecule has 0 bridgehead atoms. The van der Waals surface area contributed by atoms with E-state index in [0.29, 0.717) is 18.8 Å². The van der Waals surface area contributed by atoms with Crippen LogP contribution in [0, 0.1) is 21.4 Å². The molecule has 27 heavy (non-hydrogen) atoms. The van der Waals surface area contributed by atoms with E-state index in [9.17, 15) is 19.7 Å². The monoisotopic (exact) mass is 375 g/mol. The summed E-state index contributed by atoms with van der Waals surface area (Å²) in [4.78, 5) is 37.7. The molecule has 1 aromatic carbocycles. The van der Waals surface area contributed by atoms with Crippen LogP contribution in [0.5, 0.6) is 0 Å². The summed E-state index contributed by atoms with van der Waals surface area (Å²) in [5, 5.41) is 14.4. The standard InChI is InChI=1S/C19H25N3O5/c1-12(2)20-17(23)13-6-7-15(16(9-13)22(25)26)21-10-14-5-4-8-19(14,11-21)18(24)27-3/h6-7,9,12,14H,4-5,8,10-11H2,1-3H3,(H,20,23). The van der Waals surface area contributed by atoms with Gasteiger partial charge in [-0.2, -0.15) is 0 Å². The molecule has 1 saturated carbocycles. The van der Waals surface area contributed by atoms with Crippen molar-refractivity contribution in [3.05, 3.63) is 33.9 Å².